The molecule has 3 heteroatoms. The minimum atomic E-state index is 1.00. The van der Waals surface area contributed by atoms with Crippen LogP contribution in [0.2, 0.25) is 0 Å². The Balaban J connectivity index is 1.32. The number of H-pyrrole nitrogens is 1. The van der Waals surface area contributed by atoms with Crippen molar-refractivity contribution in [3.8, 4) is 5.69 Å². The molecule has 0 saturated heterocycles. The van der Waals surface area contributed by atoms with Crippen molar-refractivity contribution in [1.82, 2.24) is 14.1 Å². The van der Waals surface area contributed by atoms with Crippen LogP contribution in [0.4, 0.5) is 0 Å². The Labute approximate surface area is 300 Å². The predicted octanol–water partition coefficient (Wildman–Crippen LogP) is 13.5. The lowest BCUT2D eigenvalue weighted by molar-refractivity contribution is 0.982. The smallest absolute Gasteiger partial charge is 0.0624 e. The number of hydrogen-bond donors (Lipinski definition) is 1. The van der Waals surface area contributed by atoms with Gasteiger partial charge in [0.05, 0.1) is 27.6 Å². The molecule has 11 rings (SSSR count). The zero-order valence-electron chi connectivity index (χ0n) is 28.9. The van der Waals surface area contributed by atoms with E-state index in [1.54, 1.807) is 0 Å². The largest absolute Gasteiger partial charge is 0.354 e. The fraction of sp³-hybridized carbons (Fsp3) is 0.0612. The van der Waals surface area contributed by atoms with Gasteiger partial charge in [-0.1, -0.05) is 116 Å². The Morgan fingerprint density at radius 2 is 1.46 bits per heavy atom. The van der Waals surface area contributed by atoms with Crippen molar-refractivity contribution >= 4 is 98.7 Å². The van der Waals surface area contributed by atoms with Gasteiger partial charge < -0.3 is 14.1 Å². The van der Waals surface area contributed by atoms with Crippen LogP contribution in [-0.4, -0.2) is 14.1 Å². The number of fused-ring (bicyclic) bond motifs is 15. The highest BCUT2D eigenvalue weighted by Gasteiger charge is 2.24. The summed E-state index contributed by atoms with van der Waals surface area (Å²) >= 11 is 0. The summed E-state index contributed by atoms with van der Waals surface area (Å²) in [6.45, 7) is 6.11. The number of rotatable bonds is 4. The van der Waals surface area contributed by atoms with Gasteiger partial charge in [0.1, 0.15) is 0 Å². The molecular weight excluding hydrogens is 631 g/mol. The van der Waals surface area contributed by atoms with E-state index in [1.165, 1.54) is 98.3 Å². The van der Waals surface area contributed by atoms with Crippen LogP contribution in [0.3, 0.4) is 0 Å². The lowest BCUT2D eigenvalue weighted by atomic mass is 9.98. The van der Waals surface area contributed by atoms with Crippen LogP contribution in [0.15, 0.2) is 152 Å². The summed E-state index contributed by atoms with van der Waals surface area (Å²) in [7, 11) is 0. The highest BCUT2D eigenvalue weighted by atomic mass is 15.0. The second kappa shape index (κ2) is 11.0. The zero-order chi connectivity index (χ0) is 34.5. The standard InChI is InChI=1S/C49H35N3/c1-3-4-14-32-28-44-40(27-30(32)2)36-19-12-13-22-43(36)51(44)34-24-26-42-41(29-34)45-46-39-25-23-31-15-8-9-18-35(31)48(39)52(33-16-6-5-7-17-33)49(46)38-21-11-10-20-37(38)47(45)50-42/h3-6,8-16,18-29,50H,1,7,17H2,2H3/b14-4-. The minimum absolute atomic E-state index is 1.00. The zero-order valence-corrected chi connectivity index (χ0v) is 28.9. The lowest BCUT2D eigenvalue weighted by Gasteiger charge is -2.16. The van der Waals surface area contributed by atoms with Gasteiger partial charge in [-0.05, 0) is 78.8 Å². The summed E-state index contributed by atoms with van der Waals surface area (Å²) in [6, 6.07) is 42.9. The molecule has 0 bridgehead atoms. The van der Waals surface area contributed by atoms with Crippen LogP contribution in [0.5, 0.6) is 0 Å². The molecule has 0 atom stereocenters. The van der Waals surface area contributed by atoms with Crippen LogP contribution in [-0.2, 0) is 0 Å². The van der Waals surface area contributed by atoms with E-state index in [9.17, 15) is 0 Å². The molecule has 0 saturated carbocycles. The van der Waals surface area contributed by atoms with E-state index in [2.05, 4.69) is 167 Å². The van der Waals surface area contributed by atoms with Crippen molar-refractivity contribution in [1.29, 1.82) is 0 Å². The Morgan fingerprint density at radius 1 is 0.654 bits per heavy atom. The molecule has 10 aromatic rings. The van der Waals surface area contributed by atoms with Gasteiger partial charge in [-0.2, -0.15) is 0 Å². The maximum Gasteiger partial charge on any atom is 0.0624 e. The minimum Gasteiger partial charge on any atom is -0.354 e. The number of nitrogens with zero attached hydrogens (tertiary/aromatic N) is 2. The van der Waals surface area contributed by atoms with Crippen LogP contribution < -0.4 is 0 Å². The lowest BCUT2D eigenvalue weighted by Crippen LogP contribution is -2.00. The molecule has 1 aliphatic carbocycles. The van der Waals surface area contributed by atoms with Gasteiger partial charge in [-0.15, -0.1) is 0 Å². The summed E-state index contributed by atoms with van der Waals surface area (Å²) in [5.41, 5.74) is 12.3. The quantitative estimate of drug-likeness (QED) is 0.181. The molecule has 3 nitrogen and oxygen atoms in total. The fourth-order valence-electron chi connectivity index (χ4n) is 9.08. The molecule has 3 heterocycles. The molecule has 52 heavy (non-hydrogen) atoms. The van der Waals surface area contributed by atoms with Gasteiger partial charge in [-0.25, -0.2) is 0 Å². The summed E-state index contributed by atoms with van der Waals surface area (Å²) < 4.78 is 5.04. The number of allylic oxidation sites excluding steroid dienone is 6. The highest BCUT2D eigenvalue weighted by Crippen LogP contribution is 2.47. The normalized spacial score (nSPS) is 13.8. The average molecular weight is 666 g/mol. The summed E-state index contributed by atoms with van der Waals surface area (Å²) in [5.74, 6) is 0. The average Bonchev–Trinajstić information content (AvgIpc) is 3.85. The molecule has 1 N–H and O–H groups in total. The topological polar surface area (TPSA) is 25.6 Å². The Hall–Kier alpha value is -6.58. The highest BCUT2D eigenvalue weighted by molar-refractivity contribution is 6.38. The van der Waals surface area contributed by atoms with Crippen LogP contribution in [0.25, 0.3) is 104 Å². The maximum absolute atomic E-state index is 3.93. The Bertz CT molecular complexity index is 3260. The van der Waals surface area contributed by atoms with Gasteiger partial charge in [0.25, 0.3) is 0 Å². The van der Waals surface area contributed by atoms with E-state index in [-0.39, 0.29) is 0 Å². The molecule has 0 amide bonds. The molecule has 246 valence electrons. The van der Waals surface area contributed by atoms with E-state index >= 15 is 0 Å². The summed E-state index contributed by atoms with van der Waals surface area (Å²) in [4.78, 5) is 3.93. The number of hydrogen-bond acceptors (Lipinski definition) is 0. The molecule has 1 aliphatic rings. The SMILES string of the molecule is C=C/C=C\c1cc2c(cc1C)c1ccccc1n2-c1ccc2[nH]c3c4ccccc4c4c(c5ccc6ccccc6c5n4C4=CC=CCC4)c3c2c1. The number of benzene rings is 7. The number of aryl methyl sites for hydroxylation is 1. The van der Waals surface area contributed by atoms with Crippen molar-refractivity contribution in [2.45, 2.75) is 19.8 Å². The molecule has 0 aliphatic heterocycles. The first-order valence-corrected chi connectivity index (χ1v) is 18.2. The van der Waals surface area contributed by atoms with Crippen molar-refractivity contribution in [3.05, 3.63) is 163 Å². The Kier molecular flexibility index (Phi) is 6.15. The third-order valence-electron chi connectivity index (χ3n) is 11.3. The van der Waals surface area contributed by atoms with Gasteiger partial charge in [0.2, 0.25) is 0 Å². The third-order valence-corrected chi connectivity index (χ3v) is 11.3. The fourth-order valence-corrected chi connectivity index (χ4v) is 9.08. The summed E-state index contributed by atoms with van der Waals surface area (Å²) in [5, 5.41) is 12.7. The van der Waals surface area contributed by atoms with Crippen LogP contribution >= 0.6 is 0 Å². The molecule has 7 aromatic carbocycles. The molecule has 0 spiro atoms. The molecule has 0 radical (unpaired) electrons. The first-order valence-electron chi connectivity index (χ1n) is 18.2. The van der Waals surface area contributed by atoms with Gasteiger partial charge in [-0.3, -0.25) is 0 Å². The number of aromatic amines is 1. The maximum atomic E-state index is 3.93. The van der Waals surface area contributed by atoms with E-state index in [0.717, 1.165) is 24.0 Å². The van der Waals surface area contributed by atoms with E-state index in [0.29, 0.717) is 0 Å². The van der Waals surface area contributed by atoms with Gasteiger partial charge in [0, 0.05) is 65.4 Å². The second-order valence-electron chi connectivity index (χ2n) is 14.2. The molecule has 3 aromatic heterocycles. The molecule has 0 fully saturated rings. The van der Waals surface area contributed by atoms with E-state index in [4.69, 9.17) is 0 Å². The number of aromatic nitrogens is 3. The van der Waals surface area contributed by atoms with Crippen molar-refractivity contribution in [2.24, 2.45) is 0 Å². The third kappa shape index (κ3) is 3.96. The molecule has 0 unspecified atom stereocenters. The number of para-hydroxylation sites is 1. The molecular formula is C49H35N3. The van der Waals surface area contributed by atoms with Crippen LogP contribution in [0.1, 0.15) is 24.0 Å². The monoisotopic (exact) mass is 665 g/mol. The number of nitrogens with one attached hydrogen (secondary N) is 1. The first-order chi connectivity index (χ1) is 25.7. The first kappa shape index (κ1) is 29.2. The summed E-state index contributed by atoms with van der Waals surface area (Å²) in [6.07, 6.45) is 14.9. The predicted molar refractivity (Wildman–Crippen MR) is 225 cm³/mol. The van der Waals surface area contributed by atoms with Crippen molar-refractivity contribution in [2.75, 3.05) is 0 Å². The van der Waals surface area contributed by atoms with E-state index in [1.807, 2.05) is 12.2 Å². The Morgan fingerprint density at radius 3 is 2.31 bits per heavy atom. The van der Waals surface area contributed by atoms with Gasteiger partial charge >= 0.3 is 0 Å². The van der Waals surface area contributed by atoms with Crippen molar-refractivity contribution < 1.29 is 0 Å². The van der Waals surface area contributed by atoms with Crippen LogP contribution in [0, 0.1) is 6.92 Å². The van der Waals surface area contributed by atoms with E-state index < -0.39 is 0 Å². The van der Waals surface area contributed by atoms with Crippen molar-refractivity contribution in [3.63, 3.8) is 0 Å². The second-order valence-corrected chi connectivity index (χ2v) is 14.2. The van der Waals surface area contributed by atoms with Gasteiger partial charge in [0.15, 0.2) is 0 Å².